The van der Waals surface area contributed by atoms with E-state index in [1.54, 1.807) is 33.5 Å². The molecular formula is C23H29NO6. The Morgan fingerprint density at radius 2 is 1.77 bits per heavy atom. The molecule has 30 heavy (non-hydrogen) atoms. The molecular weight excluding hydrogens is 386 g/mol. The molecule has 1 atom stereocenters. The fourth-order valence-electron chi connectivity index (χ4n) is 3.59. The molecule has 0 fully saturated rings. The quantitative estimate of drug-likeness (QED) is 0.677. The van der Waals surface area contributed by atoms with E-state index in [0.717, 1.165) is 34.6 Å². The Balaban J connectivity index is 1.71. The first-order valence-corrected chi connectivity index (χ1v) is 9.99. The van der Waals surface area contributed by atoms with Gasteiger partial charge in [-0.3, -0.25) is 4.79 Å². The van der Waals surface area contributed by atoms with Gasteiger partial charge >= 0.3 is 0 Å². The molecule has 1 aliphatic rings. The predicted molar refractivity (Wildman–Crippen MR) is 113 cm³/mol. The lowest BCUT2D eigenvalue weighted by Crippen LogP contribution is -2.25. The highest BCUT2D eigenvalue weighted by Crippen LogP contribution is 2.38. The molecule has 3 rings (SSSR count). The second-order valence-corrected chi connectivity index (χ2v) is 7.12. The van der Waals surface area contributed by atoms with E-state index < -0.39 is 0 Å². The van der Waals surface area contributed by atoms with Crippen LogP contribution in [-0.2, 0) is 24.2 Å². The molecule has 1 amide bonds. The normalized spacial score (nSPS) is 14.5. The van der Waals surface area contributed by atoms with Crippen molar-refractivity contribution in [3.8, 4) is 28.7 Å². The number of carbonyl (C=O) groups excluding carboxylic acids is 1. The number of hydrogen-bond donors (Lipinski definition) is 1. The summed E-state index contributed by atoms with van der Waals surface area (Å²) in [5.41, 5.74) is 2.79. The van der Waals surface area contributed by atoms with Crippen LogP contribution in [0.4, 0.5) is 0 Å². The third-order valence-corrected chi connectivity index (χ3v) is 4.94. The summed E-state index contributed by atoms with van der Waals surface area (Å²) in [6, 6.07) is 7.53. The van der Waals surface area contributed by atoms with Gasteiger partial charge in [-0.05, 0) is 43.7 Å². The number of fused-ring (bicyclic) bond motifs is 1. The second kappa shape index (κ2) is 9.61. The van der Waals surface area contributed by atoms with Crippen molar-refractivity contribution >= 4 is 5.91 Å². The van der Waals surface area contributed by atoms with Gasteiger partial charge in [-0.1, -0.05) is 0 Å². The summed E-state index contributed by atoms with van der Waals surface area (Å²) in [6.07, 6.45) is 1.20. The highest BCUT2D eigenvalue weighted by Gasteiger charge is 2.22. The van der Waals surface area contributed by atoms with Gasteiger partial charge in [0.05, 0.1) is 34.4 Å². The Labute approximate surface area is 177 Å². The number of methoxy groups -OCH3 is 3. The monoisotopic (exact) mass is 415 g/mol. The van der Waals surface area contributed by atoms with Crippen LogP contribution in [0, 0.1) is 0 Å². The van der Waals surface area contributed by atoms with Crippen molar-refractivity contribution in [2.45, 2.75) is 39.3 Å². The van der Waals surface area contributed by atoms with Crippen molar-refractivity contribution in [1.29, 1.82) is 0 Å². The smallest absolute Gasteiger partial charge is 0.224 e. The summed E-state index contributed by atoms with van der Waals surface area (Å²) in [7, 11) is 4.64. The van der Waals surface area contributed by atoms with E-state index in [9.17, 15) is 4.79 Å². The molecule has 0 aromatic heterocycles. The van der Waals surface area contributed by atoms with Crippen LogP contribution in [0.1, 0.15) is 30.5 Å². The van der Waals surface area contributed by atoms with Crippen molar-refractivity contribution in [2.75, 3.05) is 27.9 Å². The zero-order valence-electron chi connectivity index (χ0n) is 18.2. The molecule has 7 heteroatoms. The molecule has 7 nitrogen and oxygen atoms in total. The van der Waals surface area contributed by atoms with Gasteiger partial charge in [0.15, 0.2) is 11.5 Å². The van der Waals surface area contributed by atoms with E-state index in [0.29, 0.717) is 30.4 Å². The van der Waals surface area contributed by atoms with Crippen LogP contribution in [0.15, 0.2) is 24.3 Å². The molecule has 0 saturated carbocycles. The first-order chi connectivity index (χ1) is 14.5. The van der Waals surface area contributed by atoms with E-state index in [4.69, 9.17) is 23.7 Å². The molecule has 0 unspecified atom stereocenters. The zero-order chi connectivity index (χ0) is 21.7. The van der Waals surface area contributed by atoms with E-state index >= 15 is 0 Å². The third kappa shape index (κ3) is 4.72. The molecule has 0 aliphatic carbocycles. The lowest BCUT2D eigenvalue weighted by Gasteiger charge is -2.15. The average molecular weight is 415 g/mol. The van der Waals surface area contributed by atoms with Gasteiger partial charge in [0.1, 0.15) is 17.6 Å². The van der Waals surface area contributed by atoms with Crippen molar-refractivity contribution in [3.63, 3.8) is 0 Å². The van der Waals surface area contributed by atoms with Gasteiger partial charge in [0, 0.05) is 24.1 Å². The van der Waals surface area contributed by atoms with Crippen LogP contribution in [0.3, 0.4) is 0 Å². The Kier molecular flexibility index (Phi) is 6.92. The van der Waals surface area contributed by atoms with Gasteiger partial charge in [0.2, 0.25) is 11.7 Å². The van der Waals surface area contributed by atoms with Gasteiger partial charge in [-0.15, -0.1) is 0 Å². The lowest BCUT2D eigenvalue weighted by molar-refractivity contribution is -0.120. The maximum atomic E-state index is 12.6. The number of carbonyl (C=O) groups is 1. The highest BCUT2D eigenvalue weighted by molar-refractivity contribution is 5.79. The summed E-state index contributed by atoms with van der Waals surface area (Å²) in [4.78, 5) is 12.6. The predicted octanol–water partition coefficient (Wildman–Crippen LogP) is 3.29. The Bertz CT molecular complexity index is 886. The Morgan fingerprint density at radius 1 is 1.07 bits per heavy atom. The summed E-state index contributed by atoms with van der Waals surface area (Å²) in [6.45, 7) is 4.89. The minimum Gasteiger partial charge on any atom is -0.494 e. The van der Waals surface area contributed by atoms with Crippen LogP contribution >= 0.6 is 0 Å². The molecule has 162 valence electrons. The van der Waals surface area contributed by atoms with E-state index in [2.05, 4.69) is 5.32 Å². The molecule has 0 saturated heterocycles. The van der Waals surface area contributed by atoms with E-state index in [1.807, 2.05) is 26.0 Å². The largest absolute Gasteiger partial charge is 0.494 e. The molecule has 1 aliphatic heterocycles. The van der Waals surface area contributed by atoms with Crippen LogP contribution < -0.4 is 29.0 Å². The first kappa shape index (κ1) is 21.6. The molecule has 1 N–H and O–H groups in total. The number of nitrogens with one attached hydrogen (secondary N) is 1. The molecule has 2 aromatic rings. The number of ether oxygens (including phenoxy) is 5. The van der Waals surface area contributed by atoms with Crippen molar-refractivity contribution in [3.05, 3.63) is 41.0 Å². The fourth-order valence-corrected chi connectivity index (χ4v) is 3.59. The molecule has 0 bridgehead atoms. The molecule has 1 heterocycles. The number of hydrogen-bond acceptors (Lipinski definition) is 6. The maximum Gasteiger partial charge on any atom is 0.224 e. The van der Waals surface area contributed by atoms with Gasteiger partial charge in [-0.2, -0.15) is 0 Å². The summed E-state index contributed by atoms with van der Waals surface area (Å²) in [5.74, 6) is 3.05. The number of rotatable bonds is 9. The highest BCUT2D eigenvalue weighted by atomic mass is 16.5. The SMILES string of the molecule is CCOc1cc2c(cc1CNC(=O)Cc1cc(OC)c(OC)c(OC)c1)O[C@H](C)C2. The standard InChI is InChI=1S/C23H29NO6/c1-6-29-18-11-16-7-14(2)30-19(16)12-17(18)13-24-22(25)10-15-8-20(26-3)23(28-5)21(9-15)27-4/h8-9,11-12,14H,6-7,10,13H2,1-5H3,(H,24,25)/t14-/m1/s1. The van der Waals surface area contributed by atoms with Crippen LogP contribution in [0.5, 0.6) is 28.7 Å². The molecule has 0 spiro atoms. The van der Waals surface area contributed by atoms with Crippen molar-refractivity contribution in [2.24, 2.45) is 0 Å². The van der Waals surface area contributed by atoms with Crippen LogP contribution in [0.2, 0.25) is 0 Å². The minimum atomic E-state index is -0.124. The number of benzene rings is 2. The maximum absolute atomic E-state index is 12.6. The summed E-state index contributed by atoms with van der Waals surface area (Å²) in [5, 5.41) is 2.96. The fraction of sp³-hybridized carbons (Fsp3) is 0.435. The summed E-state index contributed by atoms with van der Waals surface area (Å²) < 4.78 is 27.7. The Hall–Kier alpha value is -3.09. The summed E-state index contributed by atoms with van der Waals surface area (Å²) >= 11 is 0. The van der Waals surface area contributed by atoms with Gasteiger partial charge in [-0.25, -0.2) is 0 Å². The zero-order valence-corrected chi connectivity index (χ0v) is 18.2. The minimum absolute atomic E-state index is 0.124. The second-order valence-electron chi connectivity index (χ2n) is 7.12. The van der Waals surface area contributed by atoms with Crippen LogP contribution in [0.25, 0.3) is 0 Å². The molecule has 0 radical (unpaired) electrons. The number of amides is 1. The Morgan fingerprint density at radius 3 is 2.37 bits per heavy atom. The van der Waals surface area contributed by atoms with E-state index in [-0.39, 0.29) is 18.4 Å². The average Bonchev–Trinajstić information content (AvgIpc) is 3.10. The first-order valence-electron chi connectivity index (χ1n) is 9.99. The van der Waals surface area contributed by atoms with Crippen molar-refractivity contribution in [1.82, 2.24) is 5.32 Å². The lowest BCUT2D eigenvalue weighted by atomic mass is 10.1. The van der Waals surface area contributed by atoms with E-state index in [1.165, 1.54) is 0 Å². The van der Waals surface area contributed by atoms with Crippen molar-refractivity contribution < 1.29 is 28.5 Å². The topological polar surface area (TPSA) is 75.3 Å². The van der Waals surface area contributed by atoms with Gasteiger partial charge in [0.25, 0.3) is 0 Å². The van der Waals surface area contributed by atoms with Crippen LogP contribution in [-0.4, -0.2) is 39.9 Å². The third-order valence-electron chi connectivity index (χ3n) is 4.94. The molecule has 2 aromatic carbocycles. The van der Waals surface area contributed by atoms with Gasteiger partial charge < -0.3 is 29.0 Å².